The number of aliphatic hydroxyl groups is 3. The second-order valence-electron chi connectivity index (χ2n) is 21.6. The van der Waals surface area contributed by atoms with Gasteiger partial charge >= 0.3 is 11.9 Å². The predicted molar refractivity (Wildman–Crippen MR) is 227 cm³/mol. The van der Waals surface area contributed by atoms with Crippen LogP contribution in [0.1, 0.15) is 119 Å². The lowest BCUT2D eigenvalue weighted by Crippen LogP contribution is -2.63. The van der Waals surface area contributed by atoms with Gasteiger partial charge in [0, 0.05) is 57.4 Å². The van der Waals surface area contributed by atoms with Crippen LogP contribution in [0.5, 0.6) is 0 Å². The van der Waals surface area contributed by atoms with Gasteiger partial charge in [-0.25, -0.2) is 0 Å². The number of nitrogens with one attached hydrogen (secondary N) is 1. The van der Waals surface area contributed by atoms with Gasteiger partial charge in [0.1, 0.15) is 23.9 Å². The third kappa shape index (κ3) is 8.48. The van der Waals surface area contributed by atoms with Crippen molar-refractivity contribution in [3.05, 3.63) is 36.0 Å². The summed E-state index contributed by atoms with van der Waals surface area (Å²) in [6.45, 7) is 17.9. The molecule has 8 saturated heterocycles. The number of aliphatic hydroxyl groups excluding tert-OH is 2. The van der Waals surface area contributed by atoms with Crippen molar-refractivity contribution in [1.29, 1.82) is 0 Å². The molecule has 1 unspecified atom stereocenters. The molecule has 64 heavy (non-hydrogen) atoms. The summed E-state index contributed by atoms with van der Waals surface area (Å²) in [5, 5.41) is 57.9. The summed E-state index contributed by atoms with van der Waals surface area (Å²) in [5.41, 5.74) is 1.14. The van der Waals surface area contributed by atoms with Gasteiger partial charge in [-0.05, 0) is 61.9 Å². The van der Waals surface area contributed by atoms with Crippen molar-refractivity contribution >= 4 is 11.9 Å². The summed E-state index contributed by atoms with van der Waals surface area (Å²) in [7, 11) is 0. The Bertz CT molecular complexity index is 1880. The molecule has 16 nitrogen and oxygen atoms in total. The van der Waals surface area contributed by atoms with Crippen molar-refractivity contribution in [3.63, 3.8) is 0 Å². The highest BCUT2D eigenvalue weighted by Crippen LogP contribution is 2.56. The second kappa shape index (κ2) is 17.0. The molecular weight excluding hydrogens is 831 g/mol. The Labute approximate surface area is 376 Å². The topological polar surface area (TPSA) is 221 Å². The lowest BCUT2D eigenvalue weighted by atomic mass is 9.75. The number of aliphatic carboxylic acids is 2. The number of piperidine rings is 1. The average Bonchev–Trinajstić information content (AvgIpc) is 3.89. The maximum atomic E-state index is 12.9. The summed E-state index contributed by atoms with van der Waals surface area (Å²) in [6.07, 6.45) is 3.47. The van der Waals surface area contributed by atoms with Crippen LogP contribution in [-0.2, 0) is 47.5 Å². The molecule has 9 heterocycles. The number of carbonyl (C=O) groups is 2. The smallest absolute Gasteiger partial charge is 0.312 e. The van der Waals surface area contributed by atoms with Crippen molar-refractivity contribution in [2.24, 2.45) is 35.5 Å². The van der Waals surface area contributed by atoms with Crippen molar-refractivity contribution in [2.45, 2.75) is 209 Å². The van der Waals surface area contributed by atoms with E-state index in [4.69, 9.17) is 43.0 Å². The van der Waals surface area contributed by atoms with E-state index in [9.17, 15) is 30.0 Å². The van der Waals surface area contributed by atoms with Crippen molar-refractivity contribution in [2.75, 3.05) is 6.54 Å². The molecule has 0 aliphatic carbocycles. The Morgan fingerprint density at radius 1 is 0.875 bits per heavy atom. The molecule has 16 heteroatoms. The summed E-state index contributed by atoms with van der Waals surface area (Å²) in [6, 6.07) is 0. The molecule has 6 N–H and O–H groups in total. The van der Waals surface area contributed by atoms with E-state index in [0.29, 0.717) is 55.9 Å². The molecule has 358 valence electrons. The maximum Gasteiger partial charge on any atom is 0.312 e. The molecule has 9 rings (SSSR count). The predicted octanol–water partition coefficient (Wildman–Crippen LogP) is 4.68. The number of rotatable bonds is 10. The molecule has 0 amide bonds. The Morgan fingerprint density at radius 3 is 2.38 bits per heavy atom. The van der Waals surface area contributed by atoms with Crippen LogP contribution in [0.2, 0.25) is 0 Å². The number of carboxylic acids is 2. The fourth-order valence-electron chi connectivity index (χ4n) is 13.2. The Kier molecular flexibility index (Phi) is 12.4. The normalized spacial score (nSPS) is 50.9. The van der Waals surface area contributed by atoms with Gasteiger partial charge in [0.05, 0.1) is 55.3 Å². The maximum absolute atomic E-state index is 12.9. The fraction of sp³-hybridized carbons (Fsp3) is 0.833. The van der Waals surface area contributed by atoms with Gasteiger partial charge in [-0.15, -0.1) is 0 Å². The third-order valence-corrected chi connectivity index (χ3v) is 16.2. The molecule has 21 atom stereocenters. The highest BCUT2D eigenvalue weighted by atomic mass is 16.8. The Morgan fingerprint density at radius 2 is 1.64 bits per heavy atom. The summed E-state index contributed by atoms with van der Waals surface area (Å²) >= 11 is 0. The number of hydrogen-bond acceptors (Lipinski definition) is 14. The fourth-order valence-corrected chi connectivity index (χ4v) is 13.2. The molecule has 9 aliphatic heterocycles. The van der Waals surface area contributed by atoms with E-state index < -0.39 is 95.9 Å². The monoisotopic (exact) mass is 901 g/mol. The zero-order valence-corrected chi connectivity index (χ0v) is 38.2. The van der Waals surface area contributed by atoms with Crippen LogP contribution >= 0.6 is 0 Å². The number of hydrogen-bond donors (Lipinski definition) is 6. The largest absolute Gasteiger partial charge is 0.481 e. The lowest BCUT2D eigenvalue weighted by molar-refractivity contribution is -0.367. The van der Waals surface area contributed by atoms with E-state index in [0.717, 1.165) is 25.0 Å². The lowest BCUT2D eigenvalue weighted by Gasteiger charge is -2.53. The summed E-state index contributed by atoms with van der Waals surface area (Å²) < 4.78 is 53.6. The molecule has 2 bridgehead atoms. The van der Waals surface area contributed by atoms with Gasteiger partial charge in [0.2, 0.25) is 5.79 Å². The molecule has 0 aromatic carbocycles. The Hall–Kier alpha value is -2.32. The number of ether oxygens (including phenoxy) is 8. The number of fused-ring (bicyclic) bond motifs is 5. The van der Waals surface area contributed by atoms with Gasteiger partial charge in [-0.1, -0.05) is 65.0 Å². The van der Waals surface area contributed by atoms with Crippen molar-refractivity contribution in [3.8, 4) is 0 Å². The van der Waals surface area contributed by atoms with Gasteiger partial charge in [0.25, 0.3) is 0 Å². The molecule has 9 aliphatic rings. The Balaban J connectivity index is 0.874. The minimum absolute atomic E-state index is 0.0259. The first-order valence-electron chi connectivity index (χ1n) is 23.9. The summed E-state index contributed by atoms with van der Waals surface area (Å²) in [5.74, 6) is -8.81. The van der Waals surface area contributed by atoms with Crippen LogP contribution in [-0.4, -0.2) is 134 Å². The van der Waals surface area contributed by atoms with E-state index in [2.05, 4.69) is 32.7 Å². The zero-order chi connectivity index (χ0) is 45.7. The van der Waals surface area contributed by atoms with E-state index >= 15 is 0 Å². The van der Waals surface area contributed by atoms with Gasteiger partial charge < -0.3 is 63.4 Å². The first-order valence-corrected chi connectivity index (χ1v) is 23.9. The van der Waals surface area contributed by atoms with Crippen molar-refractivity contribution in [1.82, 2.24) is 5.32 Å². The average molecular weight is 902 g/mol. The minimum atomic E-state index is -2.52. The van der Waals surface area contributed by atoms with E-state index in [1.807, 2.05) is 26.8 Å². The standard InChI is InChI=1S/C48H71NO15/c1-24-13-32(9-8-31(50)17-39(51)52)58-44(19-24)10-11-47(64-44)30(7)16-34-35(61-47)18-37(57-34)42(53)48(56)33(43(54)55)15-27(4)40(63-48)28(5)21-45-20-25(2)14-36(59-45)41-38(60-45)22-46(62-41)29(6)12-26(3)23-49-46/h8-9,13,25-27,29-38,40-42,49-50,53,56H,5,10-12,14-23H2,1-4,6-7H3,(H,51,52)(H,54,55)/b9-8+/t25-,26+,27-,29-,30+,31?,32+,33-,34-,35+,36+,37-,38+,40-,41+,42+,44+,45-,46-,47+,48+/m0/s1. The van der Waals surface area contributed by atoms with Crippen molar-refractivity contribution < 1.29 is 73.0 Å². The molecule has 0 aromatic rings. The highest BCUT2D eigenvalue weighted by Gasteiger charge is 2.65. The second-order valence-corrected chi connectivity index (χ2v) is 21.6. The van der Waals surface area contributed by atoms with Crippen LogP contribution in [0.3, 0.4) is 0 Å². The minimum Gasteiger partial charge on any atom is -0.481 e. The zero-order valence-electron chi connectivity index (χ0n) is 38.2. The van der Waals surface area contributed by atoms with Crippen LogP contribution in [0, 0.1) is 35.5 Å². The van der Waals surface area contributed by atoms with Gasteiger partial charge in [-0.3, -0.25) is 14.9 Å². The highest BCUT2D eigenvalue weighted by molar-refractivity contribution is 5.71. The SMILES string of the molecule is C=C(C[C@@]12C[C@@H](C)C[C@@H](O1)[C@H]1O[C@]3(C[C@H]1O2)NC[C@H](C)C[C@@H]3C)[C@H]1O[C@@](O)([C@H](O)[C@@H]2C[C@H]3O[C@@]4(CC[C@]5(CC(C)=C[C@@H](/C=C/C(O)CC(=O)O)O5)O4)[C@H](C)C[C@@H]3O2)[C@H](C(=O)O)C[C@@H]1C. The molecule has 0 aromatic heterocycles. The molecular formula is C48H71NO15. The van der Waals surface area contributed by atoms with Crippen LogP contribution in [0.4, 0.5) is 0 Å². The van der Waals surface area contributed by atoms with E-state index in [-0.39, 0.29) is 55.3 Å². The first-order chi connectivity index (χ1) is 30.1. The molecule has 0 saturated carbocycles. The van der Waals surface area contributed by atoms with E-state index in [1.165, 1.54) is 6.08 Å². The van der Waals surface area contributed by atoms with Gasteiger partial charge in [0.15, 0.2) is 17.4 Å². The molecule has 8 fully saturated rings. The number of carboxylic acid groups (broad SMARTS) is 2. The van der Waals surface area contributed by atoms with Crippen LogP contribution in [0.15, 0.2) is 36.0 Å². The van der Waals surface area contributed by atoms with E-state index in [1.54, 1.807) is 6.08 Å². The molecule has 3 spiro atoms. The molecule has 0 radical (unpaired) electrons. The summed E-state index contributed by atoms with van der Waals surface area (Å²) in [4.78, 5) is 24.0. The van der Waals surface area contributed by atoms with Gasteiger partial charge in [-0.2, -0.15) is 0 Å². The van der Waals surface area contributed by atoms with Crippen LogP contribution < -0.4 is 5.32 Å². The quantitative estimate of drug-likeness (QED) is 0.164. The first kappa shape index (κ1) is 46.8. The third-order valence-electron chi connectivity index (χ3n) is 16.2. The van der Waals surface area contributed by atoms with Crippen LogP contribution in [0.25, 0.3) is 0 Å².